The third-order valence-electron chi connectivity index (χ3n) is 4.94. The molecule has 7 nitrogen and oxygen atoms in total. The highest BCUT2D eigenvalue weighted by atomic mass is 35.5. The van der Waals surface area contributed by atoms with Gasteiger partial charge in [0.2, 0.25) is 0 Å². The summed E-state index contributed by atoms with van der Waals surface area (Å²) in [5.74, 6) is -1.68. The van der Waals surface area contributed by atoms with Gasteiger partial charge < -0.3 is 18.9 Å². The van der Waals surface area contributed by atoms with E-state index in [0.29, 0.717) is 16.9 Å². The van der Waals surface area contributed by atoms with Crippen LogP contribution < -0.4 is 0 Å². The lowest BCUT2D eigenvalue weighted by Crippen LogP contribution is -2.60. The van der Waals surface area contributed by atoms with Crippen LogP contribution in [-0.2, 0) is 23.7 Å². The zero-order valence-corrected chi connectivity index (χ0v) is 19.8. The second kappa shape index (κ2) is 12.1. The minimum Gasteiger partial charge on any atom is -0.454 e. The molecule has 3 rings (SSSR count). The number of halogens is 1. The summed E-state index contributed by atoms with van der Waals surface area (Å²) in [6.45, 7) is 3.64. The first kappa shape index (κ1) is 25.1. The molecule has 1 aliphatic rings. The molecule has 9 heteroatoms. The van der Waals surface area contributed by atoms with E-state index in [2.05, 4.69) is 0 Å². The van der Waals surface area contributed by atoms with E-state index in [-0.39, 0.29) is 5.88 Å². The lowest BCUT2D eigenvalue weighted by Gasteiger charge is -2.43. The number of thioether (sulfide) groups is 1. The molecule has 0 radical (unpaired) electrons. The average molecular weight is 493 g/mol. The van der Waals surface area contributed by atoms with Crippen molar-refractivity contribution in [1.82, 2.24) is 0 Å². The zero-order chi connectivity index (χ0) is 23.8. The predicted octanol–water partition coefficient (Wildman–Crippen LogP) is 4.09. The van der Waals surface area contributed by atoms with Gasteiger partial charge >= 0.3 is 17.9 Å². The van der Waals surface area contributed by atoms with Crippen molar-refractivity contribution in [3.63, 3.8) is 0 Å². The highest BCUT2D eigenvalue weighted by Gasteiger charge is 2.51. The highest BCUT2D eigenvalue weighted by Crippen LogP contribution is 2.34. The number of esters is 3. The van der Waals surface area contributed by atoms with Crippen molar-refractivity contribution in [2.24, 2.45) is 0 Å². The summed E-state index contributed by atoms with van der Waals surface area (Å²) in [7, 11) is 0. The molecular weight excluding hydrogens is 468 g/mol. The smallest absolute Gasteiger partial charge is 0.338 e. The second-order valence-electron chi connectivity index (χ2n) is 7.22. The summed E-state index contributed by atoms with van der Waals surface area (Å²) in [6.07, 6.45) is -3.79. The van der Waals surface area contributed by atoms with Crippen LogP contribution in [0.15, 0.2) is 60.7 Å². The van der Waals surface area contributed by atoms with E-state index in [1.165, 1.54) is 11.8 Å². The summed E-state index contributed by atoms with van der Waals surface area (Å²) in [5.41, 5.74) is 0.00140. The van der Waals surface area contributed by atoms with Gasteiger partial charge in [-0.2, -0.15) is 0 Å². The largest absolute Gasteiger partial charge is 0.454 e. The first-order valence-corrected chi connectivity index (χ1v) is 12.1. The van der Waals surface area contributed by atoms with Gasteiger partial charge in [-0.1, -0.05) is 43.3 Å². The van der Waals surface area contributed by atoms with E-state index in [4.69, 9.17) is 30.5 Å². The number of hydrogen-bond acceptors (Lipinski definition) is 8. The topological polar surface area (TPSA) is 88.1 Å². The Morgan fingerprint density at radius 3 is 1.85 bits per heavy atom. The van der Waals surface area contributed by atoms with Crippen LogP contribution in [0.25, 0.3) is 0 Å². The van der Waals surface area contributed by atoms with Crippen molar-refractivity contribution in [3.8, 4) is 0 Å². The van der Waals surface area contributed by atoms with Crippen LogP contribution in [-0.4, -0.2) is 59.4 Å². The highest BCUT2D eigenvalue weighted by molar-refractivity contribution is 7.99. The van der Waals surface area contributed by atoms with Gasteiger partial charge in [0, 0.05) is 0 Å². The predicted molar refractivity (Wildman–Crippen MR) is 124 cm³/mol. The average Bonchev–Trinajstić information content (AvgIpc) is 2.84. The molecule has 0 unspecified atom stereocenters. The Morgan fingerprint density at radius 2 is 1.36 bits per heavy atom. The summed E-state index contributed by atoms with van der Waals surface area (Å²) >= 11 is 7.05. The standard InChI is InChI=1S/C24H25ClO7S/c1-3-33-24-21(30-18(26)14-25)20(32-23(28)17-12-8-5-9-13-17)19(15(2)29-24)31-22(27)16-10-6-4-7-11-16/h4-13,15,19-21,24H,3,14H2,1-2H3/t15-,19-,20+,21+,24-/m0/s1. The van der Waals surface area contributed by atoms with Crippen LogP contribution in [0.3, 0.4) is 0 Å². The van der Waals surface area contributed by atoms with Gasteiger partial charge in [0.05, 0.1) is 17.2 Å². The van der Waals surface area contributed by atoms with Gasteiger partial charge in [-0.15, -0.1) is 23.4 Å². The Morgan fingerprint density at radius 1 is 0.848 bits per heavy atom. The van der Waals surface area contributed by atoms with E-state index in [1.807, 2.05) is 6.92 Å². The van der Waals surface area contributed by atoms with Crippen LogP contribution in [0.4, 0.5) is 0 Å². The Balaban J connectivity index is 1.93. The first-order chi connectivity index (χ1) is 15.9. The quantitative estimate of drug-likeness (QED) is 0.309. The maximum atomic E-state index is 12.9. The number of carbonyl (C=O) groups excluding carboxylic acids is 3. The van der Waals surface area contributed by atoms with E-state index in [0.717, 1.165) is 0 Å². The fourth-order valence-corrected chi connectivity index (χ4v) is 4.45. The molecule has 0 bridgehead atoms. The molecule has 5 atom stereocenters. The number of alkyl halides is 1. The van der Waals surface area contributed by atoms with Gasteiger partial charge in [0.1, 0.15) is 11.3 Å². The summed E-state index contributed by atoms with van der Waals surface area (Å²) in [4.78, 5) is 37.8. The van der Waals surface area contributed by atoms with Crippen molar-refractivity contribution in [3.05, 3.63) is 71.8 Å². The molecule has 176 valence electrons. The number of benzene rings is 2. The monoisotopic (exact) mass is 492 g/mol. The van der Waals surface area contributed by atoms with Crippen molar-refractivity contribution < 1.29 is 33.3 Å². The van der Waals surface area contributed by atoms with E-state index in [9.17, 15) is 14.4 Å². The molecule has 0 N–H and O–H groups in total. The lowest BCUT2D eigenvalue weighted by atomic mass is 9.99. The van der Waals surface area contributed by atoms with Crippen molar-refractivity contribution in [2.45, 2.75) is 43.7 Å². The molecule has 0 aliphatic carbocycles. The van der Waals surface area contributed by atoms with Crippen molar-refractivity contribution in [2.75, 3.05) is 11.6 Å². The first-order valence-electron chi connectivity index (χ1n) is 10.5. The lowest BCUT2D eigenvalue weighted by molar-refractivity contribution is -0.209. The molecule has 0 spiro atoms. The summed E-state index contributed by atoms with van der Waals surface area (Å²) in [6, 6.07) is 16.8. The minimum atomic E-state index is -1.11. The fourth-order valence-electron chi connectivity index (χ4n) is 3.41. The molecule has 1 heterocycles. The second-order valence-corrected chi connectivity index (χ2v) is 8.87. The van der Waals surface area contributed by atoms with E-state index >= 15 is 0 Å². The molecule has 1 saturated heterocycles. The van der Waals surface area contributed by atoms with Crippen molar-refractivity contribution >= 4 is 41.3 Å². The normalized spacial score (nSPS) is 24.5. The molecule has 0 amide bonds. The molecule has 1 aliphatic heterocycles. The number of ether oxygens (including phenoxy) is 4. The third-order valence-corrected chi connectivity index (χ3v) is 6.20. The molecule has 2 aromatic rings. The number of carbonyl (C=O) groups is 3. The Bertz CT molecular complexity index is 940. The van der Waals surface area contributed by atoms with E-state index in [1.54, 1.807) is 67.6 Å². The number of hydrogen-bond donors (Lipinski definition) is 0. The van der Waals surface area contributed by atoms with Gasteiger partial charge in [-0.05, 0) is 36.9 Å². The fraction of sp³-hybridized carbons (Fsp3) is 0.375. The molecule has 0 aromatic heterocycles. The van der Waals surface area contributed by atoms with Crippen molar-refractivity contribution in [1.29, 1.82) is 0 Å². The van der Waals surface area contributed by atoms with Gasteiger partial charge in [0.25, 0.3) is 0 Å². The van der Waals surface area contributed by atoms with Crippen LogP contribution in [0.5, 0.6) is 0 Å². The Hall–Kier alpha value is -2.55. The SMILES string of the molecule is CCS[C@@H]1O[C@@H](C)[C@H](OC(=O)c2ccccc2)[C@@H](OC(=O)c2ccccc2)[C@H]1OC(=O)CCl. The summed E-state index contributed by atoms with van der Waals surface area (Å²) < 4.78 is 23.1. The van der Waals surface area contributed by atoms with Crippen LogP contribution >= 0.6 is 23.4 Å². The zero-order valence-electron chi connectivity index (χ0n) is 18.2. The van der Waals surface area contributed by atoms with Crippen LogP contribution in [0.2, 0.25) is 0 Å². The van der Waals surface area contributed by atoms with Gasteiger partial charge in [0.15, 0.2) is 18.3 Å². The summed E-state index contributed by atoms with van der Waals surface area (Å²) in [5, 5.41) is 0. The van der Waals surface area contributed by atoms with Crippen LogP contribution in [0.1, 0.15) is 34.6 Å². The van der Waals surface area contributed by atoms with Crippen LogP contribution in [0, 0.1) is 0 Å². The number of rotatable bonds is 8. The van der Waals surface area contributed by atoms with E-state index < -0.39 is 47.8 Å². The third kappa shape index (κ3) is 6.50. The van der Waals surface area contributed by atoms with Gasteiger partial charge in [-0.25, -0.2) is 9.59 Å². The maximum Gasteiger partial charge on any atom is 0.338 e. The van der Waals surface area contributed by atoms with Gasteiger partial charge in [-0.3, -0.25) is 4.79 Å². The molecule has 33 heavy (non-hydrogen) atoms. The molecule has 0 saturated carbocycles. The molecular formula is C24H25ClO7S. The molecule has 2 aromatic carbocycles. The minimum absolute atomic E-state index is 0.312. The Kier molecular flexibility index (Phi) is 9.17. The molecule has 1 fully saturated rings. The Labute approximate surface area is 201 Å². The maximum absolute atomic E-state index is 12.9.